The molecule has 8 radical (unpaired) electrons. The molecule has 0 aliphatic heterocycles. The lowest BCUT2D eigenvalue weighted by Crippen LogP contribution is -2.35. The zero-order valence-electron chi connectivity index (χ0n) is 24.3. The molecule has 0 unspecified atom stereocenters. The van der Waals surface area contributed by atoms with E-state index in [1.165, 1.54) is 15.3 Å². The predicted molar refractivity (Wildman–Crippen MR) is 174 cm³/mol. The number of hydrogen-bond donors (Lipinski definition) is 2. The molecule has 0 bridgehead atoms. The fourth-order valence-corrected chi connectivity index (χ4v) is 4.59. The number of benzene rings is 1. The minimum Gasteiger partial charge on any atom is -0.381 e. The molecular formula is C30H21B4N9O2. The summed E-state index contributed by atoms with van der Waals surface area (Å²) < 4.78 is 4.28. The molecule has 11 nitrogen and oxygen atoms in total. The van der Waals surface area contributed by atoms with E-state index >= 15 is 0 Å². The summed E-state index contributed by atoms with van der Waals surface area (Å²) in [5, 5.41) is 11.5. The Bertz CT molecular complexity index is 2230. The van der Waals surface area contributed by atoms with E-state index in [2.05, 4.69) is 38.3 Å². The van der Waals surface area contributed by atoms with Crippen molar-refractivity contribution in [2.45, 2.75) is 19.5 Å². The molecular weight excluding hydrogens is 562 g/mol. The molecule has 3 N–H and O–H groups in total. The van der Waals surface area contributed by atoms with E-state index in [0.29, 0.717) is 16.8 Å². The molecule has 0 spiro atoms. The fourth-order valence-electron chi connectivity index (χ4n) is 4.59. The van der Waals surface area contributed by atoms with Gasteiger partial charge in [0.05, 0.1) is 16.9 Å². The number of fused-ring (bicyclic) bond motifs is 2. The van der Waals surface area contributed by atoms with Crippen molar-refractivity contribution >= 4 is 59.7 Å². The van der Waals surface area contributed by atoms with Crippen LogP contribution in [-0.4, -0.2) is 71.2 Å². The van der Waals surface area contributed by atoms with E-state index in [1.54, 1.807) is 61.4 Å². The molecule has 1 aromatic carbocycles. The van der Waals surface area contributed by atoms with Gasteiger partial charge in [-0.05, 0) is 37.1 Å². The van der Waals surface area contributed by atoms with Crippen LogP contribution in [0.3, 0.4) is 0 Å². The van der Waals surface area contributed by atoms with Crippen LogP contribution in [0.5, 0.6) is 0 Å². The number of carbonyl (C=O) groups is 1. The molecule has 0 aliphatic carbocycles. The maximum atomic E-state index is 14.2. The van der Waals surface area contributed by atoms with E-state index in [4.69, 9.17) is 48.5 Å². The average molecular weight is 583 g/mol. The predicted octanol–water partition coefficient (Wildman–Crippen LogP) is 0.376. The molecule has 0 fully saturated rings. The number of allylic oxidation sites excluding steroid dienone is 4. The first kappa shape index (κ1) is 30.8. The van der Waals surface area contributed by atoms with Crippen molar-refractivity contribution in [3.05, 3.63) is 104 Å². The van der Waals surface area contributed by atoms with Gasteiger partial charge in [-0.1, -0.05) is 23.4 Å². The first-order valence-electron chi connectivity index (χ1n) is 13.4. The standard InChI is InChI=1S/C30H21B4N9O2/c1-4-19(31)24(33)25(34)20(32)15-42-27(16(2)37-29(44)23-26(35)40-43-13-6-12-36-28(23)43)38-21-8-5-7-17(22(21)30(42)45)9-10-18-11-14-41(3)39-18/h1,5-8,11-14,16H,15H2,2-3H3,(H2,35,40)(H,37,44)/b24-19-,25-20-/t16-/m1/s1. The zero-order chi connectivity index (χ0) is 32.4. The highest BCUT2D eigenvalue weighted by molar-refractivity contribution is 6.44. The Kier molecular flexibility index (Phi) is 8.55. The van der Waals surface area contributed by atoms with Crippen molar-refractivity contribution in [2.75, 3.05) is 5.73 Å². The molecule has 15 heteroatoms. The molecule has 0 saturated carbocycles. The first-order chi connectivity index (χ1) is 21.5. The number of aromatic nitrogens is 7. The van der Waals surface area contributed by atoms with Crippen LogP contribution in [0.2, 0.25) is 0 Å². The SMILES string of the molecule is [B]/C(C#C)=C([B])/C([B])=C(/[B])Cn1c([C@@H](C)NC(=O)c2c(N)nn3cccnc23)nc2cccc(C#Cc3ccn(C)n3)c2c1=O. The number of nitrogens with one attached hydrogen (secondary N) is 1. The number of nitrogen functional groups attached to an aromatic ring is 1. The summed E-state index contributed by atoms with van der Waals surface area (Å²) in [4.78, 5) is 36.6. The minimum absolute atomic E-state index is 0.0122. The van der Waals surface area contributed by atoms with E-state index < -0.39 is 17.5 Å². The molecule has 1 amide bonds. The van der Waals surface area contributed by atoms with Crippen LogP contribution < -0.4 is 16.6 Å². The highest BCUT2D eigenvalue weighted by Crippen LogP contribution is 2.21. The second kappa shape index (κ2) is 12.5. The van der Waals surface area contributed by atoms with E-state index in [-0.39, 0.29) is 56.7 Å². The van der Waals surface area contributed by atoms with Gasteiger partial charge in [0.15, 0.2) is 11.5 Å². The molecule has 45 heavy (non-hydrogen) atoms. The summed E-state index contributed by atoms with van der Waals surface area (Å²) in [6.07, 6.45) is 10.2. The molecule has 4 aromatic heterocycles. The van der Waals surface area contributed by atoms with Gasteiger partial charge in [-0.15, -0.1) is 27.9 Å². The third-order valence-electron chi connectivity index (χ3n) is 6.85. The van der Waals surface area contributed by atoms with Crippen molar-refractivity contribution in [1.82, 2.24) is 39.2 Å². The topological polar surface area (TPSA) is 138 Å². The second-order valence-corrected chi connectivity index (χ2v) is 9.94. The number of anilines is 1. The second-order valence-electron chi connectivity index (χ2n) is 9.94. The number of hydrogen-bond acceptors (Lipinski definition) is 7. The van der Waals surface area contributed by atoms with Crippen LogP contribution in [-0.2, 0) is 13.6 Å². The van der Waals surface area contributed by atoms with Gasteiger partial charge in [0, 0.05) is 37.7 Å². The van der Waals surface area contributed by atoms with E-state index in [1.807, 2.05) is 0 Å². The third kappa shape index (κ3) is 6.06. The van der Waals surface area contributed by atoms with Crippen molar-refractivity contribution < 1.29 is 4.79 Å². The van der Waals surface area contributed by atoms with Gasteiger partial charge in [0.1, 0.15) is 48.5 Å². The Morgan fingerprint density at radius 3 is 2.58 bits per heavy atom. The Morgan fingerprint density at radius 1 is 1.09 bits per heavy atom. The summed E-state index contributed by atoms with van der Waals surface area (Å²) in [5.74, 6) is 7.73. The normalized spacial score (nSPS) is 12.9. The largest absolute Gasteiger partial charge is 0.381 e. The molecule has 0 aliphatic rings. The van der Waals surface area contributed by atoms with Crippen LogP contribution in [0.25, 0.3) is 16.6 Å². The zero-order valence-corrected chi connectivity index (χ0v) is 24.3. The molecule has 1 atom stereocenters. The van der Waals surface area contributed by atoms with Crippen LogP contribution in [0.1, 0.15) is 40.4 Å². The molecule has 5 aromatic rings. The lowest BCUT2D eigenvalue weighted by Gasteiger charge is -2.21. The molecule has 5 rings (SSSR count). The molecule has 4 heterocycles. The van der Waals surface area contributed by atoms with Crippen molar-refractivity contribution in [3.63, 3.8) is 0 Å². The van der Waals surface area contributed by atoms with Gasteiger partial charge in [-0.3, -0.25) is 18.8 Å². The Labute approximate surface area is 263 Å². The number of nitrogens with two attached hydrogens (primary N) is 1. The number of carbonyl (C=O) groups excluding carboxylic acids is 1. The summed E-state index contributed by atoms with van der Waals surface area (Å²) in [7, 11) is 26.0. The number of rotatable bonds is 6. The smallest absolute Gasteiger partial charge is 0.262 e. The highest BCUT2D eigenvalue weighted by atomic mass is 16.2. The Balaban J connectivity index is 1.65. The third-order valence-corrected chi connectivity index (χ3v) is 6.85. The van der Waals surface area contributed by atoms with Gasteiger partial charge < -0.3 is 11.1 Å². The number of nitrogens with zero attached hydrogens (tertiary/aromatic N) is 7. The first-order valence-corrected chi connectivity index (χ1v) is 13.4. The number of terminal acetylenes is 1. The lowest BCUT2D eigenvalue weighted by atomic mass is 9.66. The number of amides is 1. The summed E-state index contributed by atoms with van der Waals surface area (Å²) in [6.45, 7) is 1.38. The Hall–Kier alpha value is -5.68. The van der Waals surface area contributed by atoms with Gasteiger partial charge in [-0.2, -0.15) is 5.10 Å². The van der Waals surface area contributed by atoms with Crippen molar-refractivity contribution in [2.24, 2.45) is 7.05 Å². The van der Waals surface area contributed by atoms with E-state index in [9.17, 15) is 9.59 Å². The Morgan fingerprint density at radius 2 is 1.87 bits per heavy atom. The van der Waals surface area contributed by atoms with E-state index in [0.717, 1.165) is 0 Å². The van der Waals surface area contributed by atoms with Crippen molar-refractivity contribution in [1.29, 1.82) is 0 Å². The maximum Gasteiger partial charge on any atom is 0.262 e. The van der Waals surface area contributed by atoms with Crippen LogP contribution in [0.4, 0.5) is 5.82 Å². The number of aryl methyl sites for hydroxylation is 1. The highest BCUT2D eigenvalue weighted by Gasteiger charge is 2.24. The molecule has 210 valence electrons. The van der Waals surface area contributed by atoms with Gasteiger partial charge in [0.25, 0.3) is 11.5 Å². The van der Waals surface area contributed by atoms with Crippen LogP contribution in [0.15, 0.2) is 75.6 Å². The fraction of sp³-hybridized carbons (Fsp3) is 0.133. The summed E-state index contributed by atoms with van der Waals surface area (Å²) >= 11 is 0. The molecule has 0 saturated heterocycles. The monoisotopic (exact) mass is 583 g/mol. The lowest BCUT2D eigenvalue weighted by molar-refractivity contribution is 0.0939. The summed E-state index contributed by atoms with van der Waals surface area (Å²) in [5.41, 5.74) is 6.79. The quantitative estimate of drug-likeness (QED) is 0.168. The minimum atomic E-state index is -0.853. The van der Waals surface area contributed by atoms with Gasteiger partial charge >= 0.3 is 0 Å². The van der Waals surface area contributed by atoms with Crippen molar-refractivity contribution in [3.8, 4) is 24.2 Å². The van der Waals surface area contributed by atoms with Crippen LogP contribution >= 0.6 is 0 Å². The van der Waals surface area contributed by atoms with Gasteiger partial charge in [-0.25, -0.2) is 14.5 Å². The average Bonchev–Trinajstić information content (AvgIpc) is 3.60. The maximum absolute atomic E-state index is 14.2. The summed E-state index contributed by atoms with van der Waals surface area (Å²) in [6, 6.07) is 7.63. The van der Waals surface area contributed by atoms with Crippen LogP contribution in [0, 0.1) is 24.2 Å². The van der Waals surface area contributed by atoms with Gasteiger partial charge in [0.2, 0.25) is 0 Å².